The van der Waals surface area contributed by atoms with Crippen LogP contribution in [-0.2, 0) is 0 Å². The van der Waals surface area contributed by atoms with Gasteiger partial charge in [0, 0.05) is 49.3 Å². The van der Waals surface area contributed by atoms with E-state index >= 15 is 0 Å². The van der Waals surface area contributed by atoms with Gasteiger partial charge in [0.25, 0.3) is 0 Å². The molecule has 0 atom stereocenters. The van der Waals surface area contributed by atoms with Crippen LogP contribution in [0.5, 0.6) is 0 Å². The van der Waals surface area contributed by atoms with Gasteiger partial charge in [-0.2, -0.15) is 0 Å². The summed E-state index contributed by atoms with van der Waals surface area (Å²) >= 11 is 0. The second kappa shape index (κ2) is 14.0. The third-order valence-corrected chi connectivity index (χ3v) is 12.4. The van der Waals surface area contributed by atoms with Gasteiger partial charge in [0.05, 0.1) is 33.1 Å². The van der Waals surface area contributed by atoms with Gasteiger partial charge in [0.15, 0.2) is 17.5 Å². The van der Waals surface area contributed by atoms with Gasteiger partial charge in [-0.1, -0.05) is 133 Å². The maximum absolute atomic E-state index is 6.60. The summed E-state index contributed by atoms with van der Waals surface area (Å²) in [5.41, 5.74) is 13.5. The average Bonchev–Trinajstić information content (AvgIpc) is 4.02. The lowest BCUT2D eigenvalue weighted by Gasteiger charge is -2.11. The Bertz CT molecular complexity index is 3850. The summed E-state index contributed by atoms with van der Waals surface area (Å²) in [6, 6.07) is 74.5. The Labute approximate surface area is 361 Å². The monoisotopic (exact) mass is 805 g/mol. The van der Waals surface area contributed by atoms with Crippen molar-refractivity contribution in [3.63, 3.8) is 0 Å². The SMILES string of the molecule is c1ccc(-c2nc(-c3ccccc3)nc(-c3ccc4oc5cccc(-n6c7ccccc7c7cc(-c8ccc9c(c8)c8ccccc8n9-c8ccccc8)ccc76)c5c4c3)n2)cc1. The standard InChI is InChI=1S/C57H35N5O/c1-4-15-36(16-5-1)55-58-56(37-17-6-2-7-18-37)60-57(59-55)40-29-32-52-46(35-40)54-51(25-14-26-53(54)63-52)62-48-24-13-11-22-43(48)45-34-39(28-31-50(45)62)38-27-30-49-44(33-38)42-21-10-12-23-47(42)61(49)41-19-8-3-9-20-41/h1-35H. The smallest absolute Gasteiger partial charge is 0.164 e. The van der Waals surface area contributed by atoms with Crippen LogP contribution >= 0.6 is 0 Å². The molecule has 13 aromatic rings. The zero-order chi connectivity index (χ0) is 41.4. The lowest BCUT2D eigenvalue weighted by molar-refractivity contribution is 0.669. The fourth-order valence-electron chi connectivity index (χ4n) is 9.49. The first-order valence-electron chi connectivity index (χ1n) is 21.2. The average molecular weight is 806 g/mol. The number of benzene rings is 9. The molecule has 0 saturated heterocycles. The Balaban J connectivity index is 0.978. The summed E-state index contributed by atoms with van der Waals surface area (Å²) in [7, 11) is 0. The molecular weight excluding hydrogens is 771 g/mol. The van der Waals surface area contributed by atoms with Crippen molar-refractivity contribution < 1.29 is 4.42 Å². The van der Waals surface area contributed by atoms with Crippen molar-refractivity contribution in [1.82, 2.24) is 24.1 Å². The minimum absolute atomic E-state index is 0.601. The summed E-state index contributed by atoms with van der Waals surface area (Å²) < 4.78 is 11.3. The molecule has 0 N–H and O–H groups in total. The van der Waals surface area contributed by atoms with Crippen LogP contribution in [0, 0.1) is 0 Å². The summed E-state index contributed by atoms with van der Waals surface area (Å²) in [6.07, 6.45) is 0. The van der Waals surface area contributed by atoms with Crippen molar-refractivity contribution in [2.24, 2.45) is 0 Å². The van der Waals surface area contributed by atoms with Gasteiger partial charge < -0.3 is 13.6 Å². The molecule has 4 heterocycles. The van der Waals surface area contributed by atoms with Gasteiger partial charge in [-0.3, -0.25) is 0 Å². The molecule has 0 fully saturated rings. The largest absolute Gasteiger partial charge is 0.456 e. The fourth-order valence-corrected chi connectivity index (χ4v) is 9.49. The fraction of sp³-hybridized carbons (Fsp3) is 0. The highest BCUT2D eigenvalue weighted by Gasteiger charge is 2.21. The molecule has 0 aliphatic heterocycles. The van der Waals surface area contributed by atoms with E-state index in [1.807, 2.05) is 72.8 Å². The second-order valence-electron chi connectivity index (χ2n) is 16.0. The molecule has 6 heteroatoms. The molecule has 9 aromatic carbocycles. The van der Waals surface area contributed by atoms with Gasteiger partial charge in [0.1, 0.15) is 11.2 Å². The Morgan fingerprint density at radius 2 is 0.778 bits per heavy atom. The minimum Gasteiger partial charge on any atom is -0.456 e. The molecule has 0 unspecified atom stereocenters. The number of hydrogen-bond acceptors (Lipinski definition) is 4. The van der Waals surface area contributed by atoms with Crippen LogP contribution in [-0.4, -0.2) is 24.1 Å². The molecule has 63 heavy (non-hydrogen) atoms. The molecule has 0 aliphatic rings. The molecule has 6 nitrogen and oxygen atoms in total. The highest BCUT2D eigenvalue weighted by atomic mass is 16.3. The van der Waals surface area contributed by atoms with Crippen LogP contribution in [0.1, 0.15) is 0 Å². The van der Waals surface area contributed by atoms with Gasteiger partial charge >= 0.3 is 0 Å². The Hall–Kier alpha value is -8.61. The van der Waals surface area contributed by atoms with Crippen molar-refractivity contribution in [3.05, 3.63) is 212 Å². The zero-order valence-electron chi connectivity index (χ0n) is 33.9. The van der Waals surface area contributed by atoms with Crippen molar-refractivity contribution in [3.8, 4) is 56.7 Å². The molecule has 0 radical (unpaired) electrons. The highest BCUT2D eigenvalue weighted by molar-refractivity contribution is 6.16. The van der Waals surface area contributed by atoms with Crippen molar-refractivity contribution in [1.29, 1.82) is 0 Å². The third kappa shape index (κ3) is 5.62. The van der Waals surface area contributed by atoms with E-state index in [0.29, 0.717) is 17.5 Å². The normalized spacial score (nSPS) is 11.8. The van der Waals surface area contributed by atoms with Crippen LogP contribution in [0.3, 0.4) is 0 Å². The summed E-state index contributed by atoms with van der Waals surface area (Å²) in [5.74, 6) is 1.85. The van der Waals surface area contributed by atoms with Crippen molar-refractivity contribution in [2.75, 3.05) is 0 Å². The lowest BCUT2D eigenvalue weighted by Crippen LogP contribution is -2.00. The van der Waals surface area contributed by atoms with Gasteiger partial charge in [0.2, 0.25) is 0 Å². The molecule has 294 valence electrons. The molecule has 4 aromatic heterocycles. The first-order chi connectivity index (χ1) is 31.2. The molecule has 0 spiro atoms. The first-order valence-corrected chi connectivity index (χ1v) is 21.2. The van der Waals surface area contributed by atoms with Crippen LogP contribution in [0.2, 0.25) is 0 Å². The molecular formula is C57H35N5O. The van der Waals surface area contributed by atoms with Gasteiger partial charge in [-0.15, -0.1) is 0 Å². The third-order valence-electron chi connectivity index (χ3n) is 12.4. The van der Waals surface area contributed by atoms with E-state index in [1.165, 1.54) is 43.7 Å². The number of para-hydroxylation sites is 3. The second-order valence-corrected chi connectivity index (χ2v) is 16.0. The topological polar surface area (TPSA) is 61.7 Å². The van der Waals surface area contributed by atoms with Crippen LogP contribution in [0.15, 0.2) is 217 Å². The number of furan rings is 1. The van der Waals surface area contributed by atoms with Crippen LogP contribution in [0.4, 0.5) is 0 Å². The van der Waals surface area contributed by atoms with Crippen molar-refractivity contribution >= 4 is 65.6 Å². The maximum atomic E-state index is 6.60. The van der Waals surface area contributed by atoms with Gasteiger partial charge in [-0.25, -0.2) is 15.0 Å². The Kier molecular flexibility index (Phi) is 7.80. The van der Waals surface area contributed by atoms with E-state index in [-0.39, 0.29) is 0 Å². The van der Waals surface area contributed by atoms with E-state index in [0.717, 1.165) is 61.0 Å². The van der Waals surface area contributed by atoms with E-state index in [9.17, 15) is 0 Å². The predicted molar refractivity (Wildman–Crippen MR) is 258 cm³/mol. The summed E-state index contributed by atoms with van der Waals surface area (Å²) in [5, 5.41) is 6.87. The quantitative estimate of drug-likeness (QED) is 0.168. The molecule has 0 amide bonds. The summed E-state index contributed by atoms with van der Waals surface area (Å²) in [4.78, 5) is 15.0. The Morgan fingerprint density at radius 1 is 0.302 bits per heavy atom. The zero-order valence-corrected chi connectivity index (χ0v) is 33.9. The maximum Gasteiger partial charge on any atom is 0.164 e. The number of aromatic nitrogens is 5. The molecule has 13 rings (SSSR count). The highest BCUT2D eigenvalue weighted by Crippen LogP contribution is 2.42. The minimum atomic E-state index is 0.601. The predicted octanol–water partition coefficient (Wildman–Crippen LogP) is 14.6. The summed E-state index contributed by atoms with van der Waals surface area (Å²) in [6.45, 7) is 0. The van der Waals surface area contributed by atoms with E-state index in [4.69, 9.17) is 19.4 Å². The van der Waals surface area contributed by atoms with E-state index in [2.05, 4.69) is 149 Å². The lowest BCUT2D eigenvalue weighted by atomic mass is 10.0. The molecule has 0 saturated carbocycles. The van der Waals surface area contributed by atoms with E-state index in [1.54, 1.807) is 0 Å². The van der Waals surface area contributed by atoms with E-state index < -0.39 is 0 Å². The first kappa shape index (κ1) is 35.2. The van der Waals surface area contributed by atoms with Crippen LogP contribution in [0.25, 0.3) is 122 Å². The molecule has 0 aliphatic carbocycles. The van der Waals surface area contributed by atoms with Crippen molar-refractivity contribution in [2.45, 2.75) is 0 Å². The number of rotatable bonds is 6. The molecule has 0 bridgehead atoms. The van der Waals surface area contributed by atoms with Gasteiger partial charge in [-0.05, 0) is 90.0 Å². The number of nitrogens with zero attached hydrogens (tertiary/aromatic N) is 5. The number of hydrogen-bond donors (Lipinski definition) is 0. The Morgan fingerprint density at radius 3 is 1.40 bits per heavy atom. The number of fused-ring (bicyclic) bond motifs is 9. The van der Waals surface area contributed by atoms with Crippen LogP contribution < -0.4 is 0 Å².